The van der Waals surface area contributed by atoms with Gasteiger partial charge >= 0.3 is 0 Å². The van der Waals surface area contributed by atoms with E-state index in [9.17, 15) is 0 Å². The number of hydrogen-bond donors (Lipinski definition) is 1. The van der Waals surface area contributed by atoms with Crippen LogP contribution in [0.5, 0.6) is 0 Å². The van der Waals surface area contributed by atoms with E-state index in [1.54, 1.807) is 0 Å². The number of nitrogens with one attached hydrogen (secondary N) is 1. The minimum Gasteiger partial charge on any atom is -0.309 e. The van der Waals surface area contributed by atoms with E-state index in [4.69, 9.17) is 0 Å². The summed E-state index contributed by atoms with van der Waals surface area (Å²) in [5, 5.41) is 3.58. The first kappa shape index (κ1) is 14.2. The van der Waals surface area contributed by atoms with Crippen molar-refractivity contribution in [1.82, 2.24) is 10.2 Å². The molecule has 96 valence electrons. The Labute approximate surface area is 106 Å². The number of nitrogens with zero attached hydrogens (tertiary/aromatic N) is 1. The summed E-state index contributed by atoms with van der Waals surface area (Å²) in [4.78, 5) is 2.44. The van der Waals surface area contributed by atoms with E-state index in [0.717, 1.165) is 26.2 Å². The lowest BCUT2D eigenvalue weighted by Crippen LogP contribution is -2.33. The van der Waals surface area contributed by atoms with Crippen LogP contribution in [0.4, 0.5) is 0 Å². The summed E-state index contributed by atoms with van der Waals surface area (Å²) < 4.78 is 0. The molecule has 1 atom stereocenters. The lowest BCUT2D eigenvalue weighted by Gasteiger charge is -2.20. The molecule has 2 heteroatoms. The molecule has 0 amide bonds. The van der Waals surface area contributed by atoms with Gasteiger partial charge in [0.2, 0.25) is 0 Å². The topological polar surface area (TPSA) is 15.3 Å². The second-order valence-corrected chi connectivity index (χ2v) is 4.61. The molecule has 0 spiro atoms. The van der Waals surface area contributed by atoms with Crippen molar-refractivity contribution in [3.8, 4) is 0 Å². The quantitative estimate of drug-likeness (QED) is 0.780. The molecule has 1 aromatic carbocycles. The van der Waals surface area contributed by atoms with Gasteiger partial charge in [0.05, 0.1) is 0 Å². The second-order valence-electron chi connectivity index (χ2n) is 4.61. The number of aryl methyl sites for hydroxylation is 1. The highest BCUT2D eigenvalue weighted by Crippen LogP contribution is 2.12. The van der Waals surface area contributed by atoms with E-state index in [1.165, 1.54) is 11.1 Å². The van der Waals surface area contributed by atoms with Gasteiger partial charge in [-0.3, -0.25) is 0 Å². The predicted octanol–water partition coefficient (Wildman–Crippen LogP) is 2.99. The van der Waals surface area contributed by atoms with Crippen molar-refractivity contribution < 1.29 is 0 Å². The van der Waals surface area contributed by atoms with Crippen LogP contribution in [0.3, 0.4) is 0 Å². The maximum atomic E-state index is 3.58. The molecule has 17 heavy (non-hydrogen) atoms. The van der Waals surface area contributed by atoms with E-state index >= 15 is 0 Å². The molecule has 0 aromatic heterocycles. The van der Waals surface area contributed by atoms with Gasteiger partial charge in [0.1, 0.15) is 0 Å². The van der Waals surface area contributed by atoms with Crippen LogP contribution >= 0.6 is 0 Å². The average Bonchev–Trinajstić information content (AvgIpc) is 2.35. The molecule has 0 aliphatic carbocycles. The molecule has 0 radical (unpaired) electrons. The molecule has 0 saturated carbocycles. The first-order valence-corrected chi connectivity index (χ1v) is 6.69. The molecule has 0 unspecified atom stereocenters. The van der Waals surface area contributed by atoms with Crippen molar-refractivity contribution in [1.29, 1.82) is 0 Å². The summed E-state index contributed by atoms with van der Waals surface area (Å²) in [5.74, 6) is 0. The van der Waals surface area contributed by atoms with Crippen molar-refractivity contribution in [2.45, 2.75) is 33.7 Å². The van der Waals surface area contributed by atoms with Crippen molar-refractivity contribution in [3.05, 3.63) is 35.4 Å². The third kappa shape index (κ3) is 4.88. The Kier molecular flexibility index (Phi) is 6.23. The highest BCUT2D eigenvalue weighted by atomic mass is 15.1. The van der Waals surface area contributed by atoms with E-state index in [1.807, 2.05) is 0 Å². The highest BCUT2D eigenvalue weighted by molar-refractivity contribution is 5.23. The highest BCUT2D eigenvalue weighted by Gasteiger charge is 2.04. The van der Waals surface area contributed by atoms with E-state index in [2.05, 4.69) is 62.2 Å². The normalized spacial score (nSPS) is 13.0. The zero-order valence-electron chi connectivity index (χ0n) is 11.7. The molecular formula is C15H26N2. The van der Waals surface area contributed by atoms with Gasteiger partial charge in [-0.1, -0.05) is 43.7 Å². The van der Waals surface area contributed by atoms with Gasteiger partial charge in [-0.15, -0.1) is 0 Å². The molecule has 0 aliphatic heterocycles. The van der Waals surface area contributed by atoms with Gasteiger partial charge < -0.3 is 10.2 Å². The Morgan fingerprint density at radius 1 is 1.12 bits per heavy atom. The SMILES string of the molecule is CCN(CC)CCN[C@@H](C)c1ccc(C)cc1. The fourth-order valence-electron chi connectivity index (χ4n) is 1.95. The van der Waals surface area contributed by atoms with Crippen molar-refractivity contribution >= 4 is 0 Å². The lowest BCUT2D eigenvalue weighted by atomic mass is 10.1. The first-order valence-electron chi connectivity index (χ1n) is 6.69. The number of benzene rings is 1. The molecule has 2 nitrogen and oxygen atoms in total. The molecule has 0 bridgehead atoms. The van der Waals surface area contributed by atoms with Crippen LogP contribution < -0.4 is 5.32 Å². The van der Waals surface area contributed by atoms with E-state index < -0.39 is 0 Å². The Bertz CT molecular complexity index is 301. The summed E-state index contributed by atoms with van der Waals surface area (Å²) in [5.41, 5.74) is 2.69. The smallest absolute Gasteiger partial charge is 0.0292 e. The van der Waals surface area contributed by atoms with Crippen molar-refractivity contribution in [2.24, 2.45) is 0 Å². The molecule has 0 fully saturated rings. The summed E-state index contributed by atoms with van der Waals surface area (Å²) in [6.45, 7) is 13.2. The van der Waals surface area contributed by atoms with Gasteiger partial charge in [-0.2, -0.15) is 0 Å². The standard InChI is InChI=1S/C15H26N2/c1-5-17(6-2)12-11-16-14(4)15-9-7-13(3)8-10-15/h7-10,14,16H,5-6,11-12H2,1-4H3/t14-/m0/s1. The van der Waals surface area contributed by atoms with Gasteiger partial charge in [0, 0.05) is 19.1 Å². The summed E-state index contributed by atoms with van der Waals surface area (Å²) in [6, 6.07) is 9.22. The Hall–Kier alpha value is -0.860. The largest absolute Gasteiger partial charge is 0.309 e. The van der Waals surface area contributed by atoms with Crippen molar-refractivity contribution in [2.75, 3.05) is 26.2 Å². The fraction of sp³-hybridized carbons (Fsp3) is 0.600. The zero-order chi connectivity index (χ0) is 12.7. The van der Waals surface area contributed by atoms with Crippen LogP contribution in [0.2, 0.25) is 0 Å². The molecular weight excluding hydrogens is 208 g/mol. The molecule has 1 aromatic rings. The zero-order valence-corrected chi connectivity index (χ0v) is 11.7. The second kappa shape index (κ2) is 7.46. The van der Waals surface area contributed by atoms with Crippen LogP contribution in [0.15, 0.2) is 24.3 Å². The van der Waals surface area contributed by atoms with Crippen LogP contribution in [0, 0.1) is 6.92 Å². The van der Waals surface area contributed by atoms with E-state index in [0.29, 0.717) is 6.04 Å². The maximum absolute atomic E-state index is 3.58. The molecule has 0 heterocycles. The molecule has 0 saturated heterocycles. The molecule has 1 rings (SSSR count). The number of rotatable bonds is 7. The lowest BCUT2D eigenvalue weighted by molar-refractivity contribution is 0.298. The molecule has 0 aliphatic rings. The summed E-state index contributed by atoms with van der Waals surface area (Å²) in [6.07, 6.45) is 0. The average molecular weight is 234 g/mol. The maximum Gasteiger partial charge on any atom is 0.0292 e. The number of likely N-dealkylation sites (N-methyl/N-ethyl adjacent to an activating group) is 1. The Balaban J connectivity index is 2.34. The number of hydrogen-bond acceptors (Lipinski definition) is 2. The summed E-state index contributed by atoms with van der Waals surface area (Å²) in [7, 11) is 0. The summed E-state index contributed by atoms with van der Waals surface area (Å²) >= 11 is 0. The minimum atomic E-state index is 0.436. The molecule has 1 N–H and O–H groups in total. The van der Waals surface area contributed by atoms with Crippen LogP contribution in [-0.2, 0) is 0 Å². The third-order valence-electron chi connectivity index (χ3n) is 3.35. The van der Waals surface area contributed by atoms with Crippen LogP contribution in [0.1, 0.15) is 37.9 Å². The van der Waals surface area contributed by atoms with Gasteiger partial charge in [-0.05, 0) is 32.5 Å². The fourth-order valence-corrected chi connectivity index (χ4v) is 1.95. The van der Waals surface area contributed by atoms with Gasteiger partial charge in [0.25, 0.3) is 0 Å². The predicted molar refractivity (Wildman–Crippen MR) is 75.4 cm³/mol. The first-order chi connectivity index (χ1) is 8.17. The van der Waals surface area contributed by atoms with Crippen molar-refractivity contribution in [3.63, 3.8) is 0 Å². The van der Waals surface area contributed by atoms with Crippen LogP contribution in [0.25, 0.3) is 0 Å². The monoisotopic (exact) mass is 234 g/mol. The Morgan fingerprint density at radius 2 is 1.71 bits per heavy atom. The third-order valence-corrected chi connectivity index (χ3v) is 3.35. The Morgan fingerprint density at radius 3 is 2.24 bits per heavy atom. The van der Waals surface area contributed by atoms with Gasteiger partial charge in [-0.25, -0.2) is 0 Å². The van der Waals surface area contributed by atoms with Crippen LogP contribution in [-0.4, -0.2) is 31.1 Å². The minimum absolute atomic E-state index is 0.436. The van der Waals surface area contributed by atoms with Gasteiger partial charge in [0.15, 0.2) is 0 Å². The van der Waals surface area contributed by atoms with E-state index in [-0.39, 0.29) is 0 Å².